The summed E-state index contributed by atoms with van der Waals surface area (Å²) in [6, 6.07) is 5.87. The summed E-state index contributed by atoms with van der Waals surface area (Å²) in [6.07, 6.45) is 0.669. The number of hydrogen-bond acceptors (Lipinski definition) is 4. The zero-order chi connectivity index (χ0) is 14.0. The minimum absolute atomic E-state index is 0.211. The second-order valence-corrected chi connectivity index (χ2v) is 4.51. The molecular formula is C15H16N2O2. The minimum Gasteiger partial charge on any atom is -0.496 e. The maximum absolute atomic E-state index is 10.8. The lowest BCUT2D eigenvalue weighted by Crippen LogP contribution is -1.99. The van der Waals surface area contributed by atoms with Crippen LogP contribution < -0.4 is 4.74 Å². The van der Waals surface area contributed by atoms with Gasteiger partial charge in [0.05, 0.1) is 12.8 Å². The lowest BCUT2D eigenvalue weighted by atomic mass is 10.0. The summed E-state index contributed by atoms with van der Waals surface area (Å²) in [7, 11) is 1.65. The van der Waals surface area contributed by atoms with E-state index in [1.54, 1.807) is 7.11 Å². The van der Waals surface area contributed by atoms with Crippen LogP contribution in [0.4, 0.5) is 0 Å². The number of carbonyl (C=O) groups is 1. The van der Waals surface area contributed by atoms with Crippen LogP contribution >= 0.6 is 0 Å². The Kier molecular flexibility index (Phi) is 3.60. The van der Waals surface area contributed by atoms with Gasteiger partial charge in [0.25, 0.3) is 0 Å². The van der Waals surface area contributed by atoms with Crippen molar-refractivity contribution in [2.45, 2.75) is 20.8 Å². The van der Waals surface area contributed by atoms with Gasteiger partial charge in [0.2, 0.25) is 0 Å². The number of aldehydes is 1. The molecule has 0 aliphatic heterocycles. The Labute approximate surface area is 112 Å². The number of benzene rings is 1. The molecule has 2 rings (SSSR count). The van der Waals surface area contributed by atoms with Gasteiger partial charge in [-0.1, -0.05) is 0 Å². The van der Waals surface area contributed by atoms with Crippen molar-refractivity contribution >= 4 is 6.29 Å². The highest BCUT2D eigenvalue weighted by atomic mass is 16.5. The second kappa shape index (κ2) is 5.18. The van der Waals surface area contributed by atoms with Crippen molar-refractivity contribution in [2.75, 3.05) is 7.11 Å². The molecular weight excluding hydrogens is 240 g/mol. The smallest absolute Gasteiger partial charge is 0.193 e. The molecule has 0 unspecified atom stereocenters. The van der Waals surface area contributed by atoms with Crippen LogP contribution in [-0.4, -0.2) is 23.4 Å². The highest BCUT2D eigenvalue weighted by molar-refractivity contribution is 5.73. The van der Waals surface area contributed by atoms with E-state index in [2.05, 4.69) is 9.97 Å². The van der Waals surface area contributed by atoms with Crippen molar-refractivity contribution in [3.05, 3.63) is 40.8 Å². The molecule has 0 aliphatic rings. The topological polar surface area (TPSA) is 52.1 Å². The van der Waals surface area contributed by atoms with Crippen LogP contribution in [0.3, 0.4) is 0 Å². The van der Waals surface area contributed by atoms with E-state index >= 15 is 0 Å². The van der Waals surface area contributed by atoms with Gasteiger partial charge in [0, 0.05) is 11.3 Å². The van der Waals surface area contributed by atoms with Crippen LogP contribution in [-0.2, 0) is 0 Å². The third-order valence-corrected chi connectivity index (χ3v) is 2.99. The van der Waals surface area contributed by atoms with E-state index in [1.165, 1.54) is 0 Å². The highest BCUT2D eigenvalue weighted by Gasteiger charge is 2.10. The molecule has 0 atom stereocenters. The van der Waals surface area contributed by atoms with Crippen LogP contribution in [0.25, 0.3) is 11.3 Å². The molecule has 1 heterocycles. The fourth-order valence-corrected chi connectivity index (χ4v) is 2.07. The van der Waals surface area contributed by atoms with Gasteiger partial charge in [-0.2, -0.15) is 0 Å². The zero-order valence-corrected chi connectivity index (χ0v) is 11.5. The first-order chi connectivity index (χ1) is 9.05. The molecule has 98 valence electrons. The summed E-state index contributed by atoms with van der Waals surface area (Å²) >= 11 is 0. The van der Waals surface area contributed by atoms with E-state index in [9.17, 15) is 4.79 Å². The zero-order valence-electron chi connectivity index (χ0n) is 11.5. The lowest BCUT2D eigenvalue weighted by molar-refractivity contribution is 0.111. The number of methoxy groups -OCH3 is 1. The fourth-order valence-electron chi connectivity index (χ4n) is 2.07. The molecule has 0 bridgehead atoms. The lowest BCUT2D eigenvalue weighted by Gasteiger charge is -2.11. The van der Waals surface area contributed by atoms with Gasteiger partial charge in [-0.3, -0.25) is 4.79 Å². The van der Waals surface area contributed by atoms with Crippen molar-refractivity contribution in [1.82, 2.24) is 9.97 Å². The fraction of sp³-hybridized carbons (Fsp3) is 0.267. The summed E-state index contributed by atoms with van der Waals surface area (Å²) in [5.41, 5.74) is 4.62. The standard InChI is InChI=1S/C15H16N2O2/c1-9-6-14(19-4)10(2)5-12(9)13-7-11(3)16-15(8-18)17-13/h5-8H,1-4H3. The van der Waals surface area contributed by atoms with E-state index in [0.717, 1.165) is 33.8 Å². The monoisotopic (exact) mass is 256 g/mol. The first kappa shape index (κ1) is 13.2. The van der Waals surface area contributed by atoms with E-state index in [-0.39, 0.29) is 5.82 Å². The first-order valence-electron chi connectivity index (χ1n) is 6.01. The molecule has 4 heteroatoms. The number of hydrogen-bond donors (Lipinski definition) is 0. The average Bonchev–Trinajstić information content (AvgIpc) is 2.40. The number of ether oxygens (including phenoxy) is 1. The third-order valence-electron chi connectivity index (χ3n) is 2.99. The minimum atomic E-state index is 0.211. The predicted octanol–water partition coefficient (Wildman–Crippen LogP) is 2.89. The molecule has 0 spiro atoms. The number of carbonyl (C=O) groups excluding carboxylic acids is 1. The van der Waals surface area contributed by atoms with Crippen LogP contribution in [0, 0.1) is 20.8 Å². The van der Waals surface area contributed by atoms with Gasteiger partial charge in [0.15, 0.2) is 12.1 Å². The van der Waals surface area contributed by atoms with Gasteiger partial charge in [-0.05, 0) is 50.1 Å². The maximum Gasteiger partial charge on any atom is 0.193 e. The molecule has 0 saturated heterocycles. The molecule has 4 nitrogen and oxygen atoms in total. The summed E-state index contributed by atoms with van der Waals surface area (Å²) in [6.45, 7) is 5.83. The molecule has 1 aromatic carbocycles. The van der Waals surface area contributed by atoms with E-state index in [4.69, 9.17) is 4.74 Å². The second-order valence-electron chi connectivity index (χ2n) is 4.51. The van der Waals surface area contributed by atoms with Gasteiger partial charge >= 0.3 is 0 Å². The summed E-state index contributed by atoms with van der Waals surface area (Å²) in [5.74, 6) is 1.06. The van der Waals surface area contributed by atoms with Crippen molar-refractivity contribution in [2.24, 2.45) is 0 Å². The van der Waals surface area contributed by atoms with Gasteiger partial charge in [-0.15, -0.1) is 0 Å². The summed E-state index contributed by atoms with van der Waals surface area (Å²) in [4.78, 5) is 19.2. The Balaban J connectivity index is 2.61. The number of aryl methyl sites for hydroxylation is 3. The SMILES string of the molecule is COc1cc(C)c(-c2cc(C)nc(C=O)n2)cc1C. The third kappa shape index (κ3) is 2.62. The average molecular weight is 256 g/mol. The van der Waals surface area contributed by atoms with Crippen molar-refractivity contribution < 1.29 is 9.53 Å². The maximum atomic E-state index is 10.8. The predicted molar refractivity (Wildman–Crippen MR) is 73.6 cm³/mol. The molecule has 0 fully saturated rings. The molecule has 2 aromatic rings. The van der Waals surface area contributed by atoms with Crippen molar-refractivity contribution in [1.29, 1.82) is 0 Å². The summed E-state index contributed by atoms with van der Waals surface area (Å²) < 4.78 is 5.30. The van der Waals surface area contributed by atoms with Crippen LogP contribution in [0.2, 0.25) is 0 Å². The molecule has 0 amide bonds. The van der Waals surface area contributed by atoms with E-state index in [1.807, 2.05) is 39.0 Å². The molecule has 1 aromatic heterocycles. The Morgan fingerprint density at radius 3 is 2.42 bits per heavy atom. The molecule has 0 radical (unpaired) electrons. The van der Waals surface area contributed by atoms with Crippen LogP contribution in [0.5, 0.6) is 5.75 Å². The van der Waals surface area contributed by atoms with Gasteiger partial charge in [-0.25, -0.2) is 9.97 Å². The molecule has 0 aliphatic carbocycles. The van der Waals surface area contributed by atoms with Crippen molar-refractivity contribution in [3.63, 3.8) is 0 Å². The van der Waals surface area contributed by atoms with Crippen LogP contribution in [0.1, 0.15) is 27.4 Å². The molecule has 19 heavy (non-hydrogen) atoms. The number of rotatable bonds is 3. The van der Waals surface area contributed by atoms with E-state index < -0.39 is 0 Å². The Morgan fingerprint density at radius 2 is 1.79 bits per heavy atom. The quantitative estimate of drug-likeness (QED) is 0.792. The van der Waals surface area contributed by atoms with Gasteiger partial charge in [0.1, 0.15) is 5.75 Å². The Bertz CT molecular complexity index is 636. The normalized spacial score (nSPS) is 10.3. The molecule has 0 N–H and O–H groups in total. The van der Waals surface area contributed by atoms with E-state index in [0.29, 0.717) is 6.29 Å². The largest absolute Gasteiger partial charge is 0.496 e. The number of aromatic nitrogens is 2. The Morgan fingerprint density at radius 1 is 1.05 bits per heavy atom. The highest BCUT2D eigenvalue weighted by Crippen LogP contribution is 2.29. The number of nitrogens with zero attached hydrogens (tertiary/aromatic N) is 2. The van der Waals surface area contributed by atoms with Crippen molar-refractivity contribution in [3.8, 4) is 17.0 Å². The first-order valence-corrected chi connectivity index (χ1v) is 6.01. The van der Waals surface area contributed by atoms with Crippen LogP contribution in [0.15, 0.2) is 18.2 Å². The van der Waals surface area contributed by atoms with Gasteiger partial charge < -0.3 is 4.74 Å². The molecule has 0 saturated carbocycles. The Hall–Kier alpha value is -2.23. The summed E-state index contributed by atoms with van der Waals surface area (Å²) in [5, 5.41) is 0.